The van der Waals surface area contributed by atoms with Crippen LogP contribution in [0.4, 0.5) is 14.9 Å². The largest absolute Gasteiger partial charge is 0.336 e. The lowest BCUT2D eigenvalue weighted by molar-refractivity contribution is 0.251. The fourth-order valence-corrected chi connectivity index (χ4v) is 4.59. The summed E-state index contributed by atoms with van der Waals surface area (Å²) in [6.45, 7) is 6.55. The molecule has 3 aromatic rings. The Balaban J connectivity index is 1.63. The number of amides is 2. The minimum absolute atomic E-state index is 0.165. The maximum absolute atomic E-state index is 13.6. The van der Waals surface area contributed by atoms with Crippen LogP contribution in [0.15, 0.2) is 41.3 Å². The first-order chi connectivity index (χ1) is 14.8. The van der Waals surface area contributed by atoms with E-state index in [0.717, 1.165) is 0 Å². The molecule has 0 atom stereocenters. The highest BCUT2D eigenvalue weighted by Crippen LogP contribution is 2.20. The Hall–Kier alpha value is -3.05. The number of carbonyl (C=O) groups excluding carboxylic acids is 1. The van der Waals surface area contributed by atoms with Crippen molar-refractivity contribution in [3.05, 3.63) is 47.8 Å². The number of aromatic nitrogens is 3. The van der Waals surface area contributed by atoms with Gasteiger partial charge in [0.1, 0.15) is 11.3 Å². The van der Waals surface area contributed by atoms with Crippen molar-refractivity contribution < 1.29 is 17.6 Å². The van der Waals surface area contributed by atoms with Crippen molar-refractivity contribution in [2.24, 2.45) is 0 Å². The maximum atomic E-state index is 13.6. The van der Waals surface area contributed by atoms with Gasteiger partial charge in [-0.15, -0.1) is 5.10 Å². The van der Waals surface area contributed by atoms with Crippen LogP contribution in [-0.2, 0) is 16.6 Å². The van der Waals surface area contributed by atoms with Crippen molar-refractivity contribution >= 4 is 32.8 Å². The van der Waals surface area contributed by atoms with E-state index in [-0.39, 0.29) is 11.4 Å². The molecular weight excluding hydrogens is 423 g/mol. The zero-order chi connectivity index (χ0) is 22.6. The van der Waals surface area contributed by atoms with Crippen LogP contribution >= 0.6 is 0 Å². The number of hydrogen-bond acceptors (Lipinski definition) is 5. The summed E-state index contributed by atoms with van der Waals surface area (Å²) >= 11 is 0. The molecule has 0 aliphatic rings. The van der Waals surface area contributed by atoms with Gasteiger partial charge in [-0.3, -0.25) is 0 Å². The van der Waals surface area contributed by atoms with E-state index < -0.39 is 21.9 Å². The summed E-state index contributed by atoms with van der Waals surface area (Å²) in [6.07, 6.45) is 0. The van der Waals surface area contributed by atoms with E-state index in [0.29, 0.717) is 41.9 Å². The number of nitrogens with zero attached hydrogens (tertiary/aromatic N) is 4. The van der Waals surface area contributed by atoms with Gasteiger partial charge in [-0.05, 0) is 42.8 Å². The Morgan fingerprint density at radius 2 is 1.90 bits per heavy atom. The smallest absolute Gasteiger partial charge is 0.319 e. The topological polar surface area (TPSA) is 109 Å². The Bertz CT molecular complexity index is 1190. The van der Waals surface area contributed by atoms with E-state index in [2.05, 4.69) is 20.9 Å². The van der Waals surface area contributed by atoms with Crippen molar-refractivity contribution in [2.45, 2.75) is 32.2 Å². The van der Waals surface area contributed by atoms with Gasteiger partial charge in [-0.2, -0.15) is 4.31 Å². The molecule has 0 fully saturated rings. The molecule has 0 aliphatic heterocycles. The molecule has 11 heteroatoms. The summed E-state index contributed by atoms with van der Waals surface area (Å²) in [5.74, 6) is -0.394. The normalized spacial score (nSPS) is 11.8. The third-order valence-corrected chi connectivity index (χ3v) is 6.91. The number of anilines is 1. The third kappa shape index (κ3) is 5.00. The summed E-state index contributed by atoms with van der Waals surface area (Å²) in [4.78, 5) is 12.2. The quantitative estimate of drug-likeness (QED) is 0.551. The zero-order valence-electron chi connectivity index (χ0n) is 17.6. The number of carbonyl (C=O) groups is 1. The van der Waals surface area contributed by atoms with Gasteiger partial charge in [-0.1, -0.05) is 25.1 Å². The molecule has 2 amide bonds. The fourth-order valence-electron chi connectivity index (χ4n) is 3.11. The number of halogens is 1. The van der Waals surface area contributed by atoms with Gasteiger partial charge in [0.05, 0.1) is 17.0 Å². The lowest BCUT2D eigenvalue weighted by atomic mass is 10.2. The Morgan fingerprint density at radius 1 is 1.16 bits per heavy atom. The first-order valence-electron chi connectivity index (χ1n) is 9.90. The highest BCUT2D eigenvalue weighted by molar-refractivity contribution is 7.89. The molecule has 2 aromatic carbocycles. The average Bonchev–Trinajstić information content (AvgIpc) is 3.14. The van der Waals surface area contributed by atoms with E-state index in [1.807, 2.05) is 0 Å². The van der Waals surface area contributed by atoms with Crippen molar-refractivity contribution in [2.75, 3.05) is 25.0 Å². The van der Waals surface area contributed by atoms with Crippen LogP contribution in [0.1, 0.15) is 19.4 Å². The zero-order valence-corrected chi connectivity index (χ0v) is 18.4. The molecule has 1 aromatic heterocycles. The molecular formula is C20H25FN6O3S. The van der Waals surface area contributed by atoms with Gasteiger partial charge in [0.15, 0.2) is 0 Å². The highest BCUT2D eigenvalue weighted by Gasteiger charge is 2.22. The number of rotatable bonds is 8. The van der Waals surface area contributed by atoms with E-state index in [9.17, 15) is 17.6 Å². The first kappa shape index (κ1) is 22.6. The van der Waals surface area contributed by atoms with E-state index in [1.54, 1.807) is 43.7 Å². The maximum Gasteiger partial charge on any atom is 0.319 e. The van der Waals surface area contributed by atoms with Crippen LogP contribution in [0.5, 0.6) is 0 Å². The molecule has 3 rings (SSSR count). The number of benzene rings is 2. The van der Waals surface area contributed by atoms with Crippen LogP contribution in [-0.4, -0.2) is 53.4 Å². The van der Waals surface area contributed by atoms with E-state index in [1.165, 1.54) is 22.5 Å². The van der Waals surface area contributed by atoms with Gasteiger partial charge >= 0.3 is 6.03 Å². The molecule has 0 radical (unpaired) electrons. The summed E-state index contributed by atoms with van der Waals surface area (Å²) in [5.41, 5.74) is 1.96. The number of aryl methyl sites for hydroxylation is 1. The number of hydrogen-bond donors (Lipinski definition) is 2. The van der Waals surface area contributed by atoms with Crippen molar-refractivity contribution in [3.63, 3.8) is 0 Å². The second-order valence-corrected chi connectivity index (χ2v) is 8.84. The Morgan fingerprint density at radius 3 is 2.58 bits per heavy atom. The van der Waals surface area contributed by atoms with Crippen LogP contribution in [0.3, 0.4) is 0 Å². The van der Waals surface area contributed by atoms with Gasteiger partial charge < -0.3 is 10.6 Å². The molecule has 0 unspecified atom stereocenters. The molecule has 0 spiro atoms. The van der Waals surface area contributed by atoms with Gasteiger partial charge in [0.2, 0.25) is 10.0 Å². The average molecular weight is 449 g/mol. The summed E-state index contributed by atoms with van der Waals surface area (Å²) in [6, 6.07) is 8.67. The molecule has 31 heavy (non-hydrogen) atoms. The molecule has 9 nitrogen and oxygen atoms in total. The lowest BCUT2D eigenvalue weighted by Crippen LogP contribution is -2.31. The summed E-state index contributed by atoms with van der Waals surface area (Å²) < 4.78 is 41.9. The molecule has 166 valence electrons. The number of fused-ring (bicyclic) bond motifs is 1. The number of nitrogens with one attached hydrogen (secondary N) is 2. The van der Waals surface area contributed by atoms with Crippen LogP contribution in [0.2, 0.25) is 0 Å². The summed E-state index contributed by atoms with van der Waals surface area (Å²) in [7, 11) is -3.58. The van der Waals surface area contributed by atoms with E-state index >= 15 is 0 Å². The second kappa shape index (κ2) is 9.40. The highest BCUT2D eigenvalue weighted by atomic mass is 32.2. The van der Waals surface area contributed by atoms with E-state index in [4.69, 9.17) is 0 Å². The van der Waals surface area contributed by atoms with Crippen molar-refractivity contribution in [1.29, 1.82) is 0 Å². The molecule has 0 aliphatic carbocycles. The van der Waals surface area contributed by atoms with Crippen LogP contribution in [0.25, 0.3) is 11.0 Å². The third-order valence-electron chi connectivity index (χ3n) is 4.87. The molecule has 1 heterocycles. The molecule has 0 saturated heterocycles. The van der Waals surface area contributed by atoms with Crippen molar-refractivity contribution in [1.82, 2.24) is 24.6 Å². The predicted molar refractivity (Wildman–Crippen MR) is 116 cm³/mol. The standard InChI is InChI=1S/C20H25FN6O3S/c1-4-26(5-2)31(29,30)16-8-9-19-18(13-16)24-25-27(19)11-10-22-20(28)23-15-7-6-14(3)17(21)12-15/h6-9,12-13H,4-5,10-11H2,1-3H3,(H2,22,23,28). The van der Waals surface area contributed by atoms with Gasteiger partial charge in [0.25, 0.3) is 0 Å². The molecule has 0 saturated carbocycles. The van der Waals surface area contributed by atoms with Crippen LogP contribution in [0, 0.1) is 12.7 Å². The van der Waals surface area contributed by atoms with Gasteiger partial charge in [0, 0.05) is 25.3 Å². The summed E-state index contributed by atoms with van der Waals surface area (Å²) in [5, 5.41) is 13.3. The second-order valence-electron chi connectivity index (χ2n) is 6.90. The number of sulfonamides is 1. The molecule has 0 bridgehead atoms. The minimum atomic E-state index is -3.58. The molecule has 2 N–H and O–H groups in total. The Kier molecular flexibility index (Phi) is 6.86. The monoisotopic (exact) mass is 448 g/mol. The Labute approximate surface area is 180 Å². The first-order valence-corrected chi connectivity index (χ1v) is 11.3. The fraction of sp³-hybridized carbons (Fsp3) is 0.350. The number of urea groups is 1. The minimum Gasteiger partial charge on any atom is -0.336 e. The van der Waals surface area contributed by atoms with Crippen molar-refractivity contribution in [3.8, 4) is 0 Å². The van der Waals surface area contributed by atoms with Gasteiger partial charge in [-0.25, -0.2) is 22.3 Å². The predicted octanol–water partition coefficient (Wildman–Crippen LogP) is 2.73. The van der Waals surface area contributed by atoms with Crippen LogP contribution < -0.4 is 10.6 Å². The SMILES string of the molecule is CCN(CC)S(=O)(=O)c1ccc2c(c1)nnn2CCNC(=O)Nc1ccc(C)c(F)c1. The lowest BCUT2D eigenvalue weighted by Gasteiger charge is -2.18.